The van der Waals surface area contributed by atoms with Crippen LogP contribution in [-0.4, -0.2) is 5.11 Å². The van der Waals surface area contributed by atoms with Crippen molar-refractivity contribution < 1.29 is 18.3 Å². The second-order valence-corrected chi connectivity index (χ2v) is 4.89. The summed E-state index contributed by atoms with van der Waals surface area (Å²) in [5.41, 5.74) is -0.586. The van der Waals surface area contributed by atoms with Crippen LogP contribution in [-0.2, 0) is 6.18 Å². The van der Waals surface area contributed by atoms with Gasteiger partial charge in [0.1, 0.15) is 0 Å². The van der Waals surface area contributed by atoms with Gasteiger partial charge in [0.2, 0.25) is 0 Å². The average Bonchev–Trinajstić information content (AvgIpc) is 2.14. The Bertz CT molecular complexity index is 346. The van der Waals surface area contributed by atoms with E-state index in [1.807, 2.05) is 20.8 Å². The monoisotopic (exact) mass is 232 g/mol. The molecule has 16 heavy (non-hydrogen) atoms. The largest absolute Gasteiger partial charge is 0.416 e. The van der Waals surface area contributed by atoms with Gasteiger partial charge in [0.15, 0.2) is 0 Å². The van der Waals surface area contributed by atoms with Gasteiger partial charge in [-0.3, -0.25) is 0 Å². The number of alkyl halides is 3. The van der Waals surface area contributed by atoms with Crippen molar-refractivity contribution in [3.63, 3.8) is 0 Å². The number of benzene rings is 1. The fourth-order valence-corrected chi connectivity index (χ4v) is 1.35. The summed E-state index contributed by atoms with van der Waals surface area (Å²) in [5, 5.41) is 9.87. The molecule has 1 aromatic carbocycles. The molecule has 1 nitrogen and oxygen atoms in total. The van der Waals surface area contributed by atoms with Crippen LogP contribution in [0, 0.1) is 5.41 Å². The molecule has 1 aromatic rings. The third kappa shape index (κ3) is 2.98. The van der Waals surface area contributed by atoms with Gasteiger partial charge in [-0.15, -0.1) is 0 Å². The number of rotatable bonds is 1. The van der Waals surface area contributed by atoms with Crippen molar-refractivity contribution in [2.45, 2.75) is 33.1 Å². The van der Waals surface area contributed by atoms with Crippen LogP contribution in [0.4, 0.5) is 13.2 Å². The van der Waals surface area contributed by atoms with Gasteiger partial charge in [-0.2, -0.15) is 13.2 Å². The quantitative estimate of drug-likeness (QED) is 0.781. The van der Waals surface area contributed by atoms with Crippen molar-refractivity contribution in [3.05, 3.63) is 35.4 Å². The first-order valence-electron chi connectivity index (χ1n) is 4.97. The topological polar surface area (TPSA) is 20.2 Å². The molecule has 0 aliphatic rings. The molecular weight excluding hydrogens is 217 g/mol. The first kappa shape index (κ1) is 13.0. The Labute approximate surface area is 92.9 Å². The van der Waals surface area contributed by atoms with E-state index in [1.165, 1.54) is 12.1 Å². The van der Waals surface area contributed by atoms with Gasteiger partial charge in [0.25, 0.3) is 0 Å². The normalized spacial score (nSPS) is 14.9. The minimum absolute atomic E-state index is 0.389. The fourth-order valence-electron chi connectivity index (χ4n) is 1.35. The number of aliphatic hydroxyl groups is 1. The maximum Gasteiger partial charge on any atom is 0.416 e. The molecule has 0 aliphatic carbocycles. The molecule has 1 rings (SSSR count). The second kappa shape index (κ2) is 4.09. The molecule has 0 amide bonds. The molecule has 0 fully saturated rings. The standard InChI is InChI=1S/C12H15F3O/c1-11(2,3)10(16)8-4-6-9(7-5-8)12(13,14)15/h4-7,10,16H,1-3H3. The van der Waals surface area contributed by atoms with E-state index in [2.05, 4.69) is 0 Å². The van der Waals surface area contributed by atoms with Gasteiger partial charge >= 0.3 is 6.18 Å². The molecular formula is C12H15F3O. The van der Waals surface area contributed by atoms with Crippen LogP contribution in [0.15, 0.2) is 24.3 Å². The highest BCUT2D eigenvalue weighted by atomic mass is 19.4. The number of halogens is 3. The number of hydrogen-bond acceptors (Lipinski definition) is 1. The SMILES string of the molecule is CC(C)(C)C(O)c1ccc(C(F)(F)F)cc1. The van der Waals surface area contributed by atoms with Crippen LogP contribution in [0.1, 0.15) is 38.0 Å². The molecule has 0 aliphatic heterocycles. The summed E-state index contributed by atoms with van der Waals surface area (Å²) in [4.78, 5) is 0. The predicted molar refractivity (Wildman–Crippen MR) is 55.9 cm³/mol. The van der Waals surface area contributed by atoms with Crippen molar-refractivity contribution in [3.8, 4) is 0 Å². The highest BCUT2D eigenvalue weighted by Gasteiger charge is 2.31. The lowest BCUT2D eigenvalue weighted by atomic mass is 9.84. The zero-order chi connectivity index (χ0) is 12.6. The molecule has 0 aromatic heterocycles. The number of aliphatic hydroxyl groups excluding tert-OH is 1. The zero-order valence-corrected chi connectivity index (χ0v) is 9.47. The first-order chi connectivity index (χ1) is 7.12. The summed E-state index contributed by atoms with van der Waals surface area (Å²) in [6.45, 7) is 5.49. The Kier molecular flexibility index (Phi) is 3.33. The van der Waals surface area contributed by atoms with Crippen molar-refractivity contribution in [1.82, 2.24) is 0 Å². The van der Waals surface area contributed by atoms with Crippen LogP contribution in [0.2, 0.25) is 0 Å². The predicted octanol–water partition coefficient (Wildman–Crippen LogP) is 3.78. The Morgan fingerprint density at radius 1 is 1.00 bits per heavy atom. The lowest BCUT2D eigenvalue weighted by Gasteiger charge is -2.26. The van der Waals surface area contributed by atoms with Gasteiger partial charge in [0, 0.05) is 0 Å². The van der Waals surface area contributed by atoms with Gasteiger partial charge in [-0.05, 0) is 23.1 Å². The van der Waals surface area contributed by atoms with E-state index in [4.69, 9.17) is 0 Å². The molecule has 0 spiro atoms. The molecule has 1 N–H and O–H groups in total. The first-order valence-corrected chi connectivity index (χ1v) is 4.97. The Morgan fingerprint density at radius 3 is 1.75 bits per heavy atom. The summed E-state index contributed by atoms with van der Waals surface area (Å²) < 4.78 is 36.9. The van der Waals surface area contributed by atoms with Gasteiger partial charge in [0.05, 0.1) is 11.7 Å². The maximum atomic E-state index is 12.3. The highest BCUT2D eigenvalue weighted by molar-refractivity contribution is 5.26. The molecule has 4 heteroatoms. The molecule has 0 radical (unpaired) electrons. The molecule has 1 unspecified atom stereocenters. The summed E-state index contributed by atoms with van der Waals surface area (Å²) >= 11 is 0. The lowest BCUT2D eigenvalue weighted by Crippen LogP contribution is -2.18. The van der Waals surface area contributed by atoms with E-state index in [9.17, 15) is 18.3 Å². The van der Waals surface area contributed by atoms with Crippen LogP contribution in [0.3, 0.4) is 0 Å². The Morgan fingerprint density at radius 2 is 1.44 bits per heavy atom. The van der Waals surface area contributed by atoms with Crippen LogP contribution >= 0.6 is 0 Å². The number of hydrogen-bond donors (Lipinski definition) is 1. The van der Waals surface area contributed by atoms with E-state index in [0.29, 0.717) is 5.56 Å². The molecule has 1 atom stereocenters. The Balaban J connectivity index is 2.96. The van der Waals surface area contributed by atoms with Crippen LogP contribution in [0.5, 0.6) is 0 Å². The minimum Gasteiger partial charge on any atom is -0.388 e. The van der Waals surface area contributed by atoms with E-state index in [1.54, 1.807) is 0 Å². The van der Waals surface area contributed by atoms with Crippen molar-refractivity contribution in [2.75, 3.05) is 0 Å². The third-order valence-corrected chi connectivity index (χ3v) is 2.37. The van der Waals surface area contributed by atoms with Crippen molar-refractivity contribution >= 4 is 0 Å². The zero-order valence-electron chi connectivity index (χ0n) is 9.47. The molecule has 0 saturated heterocycles. The van der Waals surface area contributed by atoms with E-state index in [0.717, 1.165) is 12.1 Å². The van der Waals surface area contributed by atoms with Crippen molar-refractivity contribution in [2.24, 2.45) is 5.41 Å². The lowest BCUT2D eigenvalue weighted by molar-refractivity contribution is -0.137. The van der Waals surface area contributed by atoms with Gasteiger partial charge in [-0.25, -0.2) is 0 Å². The van der Waals surface area contributed by atoms with Gasteiger partial charge in [-0.1, -0.05) is 32.9 Å². The molecule has 0 bridgehead atoms. The summed E-state index contributed by atoms with van der Waals surface area (Å²) in [5.74, 6) is 0. The van der Waals surface area contributed by atoms with E-state index < -0.39 is 17.8 Å². The molecule has 0 heterocycles. The van der Waals surface area contributed by atoms with Crippen molar-refractivity contribution in [1.29, 1.82) is 0 Å². The van der Waals surface area contributed by atoms with Crippen LogP contribution < -0.4 is 0 Å². The summed E-state index contributed by atoms with van der Waals surface area (Å²) in [6, 6.07) is 4.62. The van der Waals surface area contributed by atoms with E-state index >= 15 is 0 Å². The fraction of sp³-hybridized carbons (Fsp3) is 0.500. The second-order valence-electron chi connectivity index (χ2n) is 4.89. The third-order valence-electron chi connectivity index (χ3n) is 2.37. The minimum atomic E-state index is -4.33. The molecule has 90 valence electrons. The summed E-state index contributed by atoms with van der Waals surface area (Å²) in [6.07, 6.45) is -5.10. The highest BCUT2D eigenvalue weighted by Crippen LogP contribution is 2.34. The summed E-state index contributed by atoms with van der Waals surface area (Å²) in [7, 11) is 0. The maximum absolute atomic E-state index is 12.3. The average molecular weight is 232 g/mol. The smallest absolute Gasteiger partial charge is 0.388 e. The Hall–Kier alpha value is -1.03. The van der Waals surface area contributed by atoms with E-state index in [-0.39, 0.29) is 5.41 Å². The van der Waals surface area contributed by atoms with Crippen LogP contribution in [0.25, 0.3) is 0 Å². The molecule has 0 saturated carbocycles. The van der Waals surface area contributed by atoms with Gasteiger partial charge < -0.3 is 5.11 Å².